The van der Waals surface area contributed by atoms with Crippen molar-refractivity contribution in [1.82, 2.24) is 4.98 Å². The van der Waals surface area contributed by atoms with Gasteiger partial charge >= 0.3 is 6.18 Å². The summed E-state index contributed by atoms with van der Waals surface area (Å²) < 4.78 is 47.7. The minimum absolute atomic E-state index is 0.0642. The summed E-state index contributed by atoms with van der Waals surface area (Å²) in [5.74, 6) is 1.28. The number of ether oxygens (including phenoxy) is 2. The lowest BCUT2D eigenvalue weighted by atomic mass is 10.1. The van der Waals surface area contributed by atoms with Gasteiger partial charge in [0.15, 0.2) is 0 Å². The van der Waals surface area contributed by atoms with Crippen LogP contribution in [0.3, 0.4) is 0 Å². The molecule has 0 bridgehead atoms. The Labute approximate surface area is 137 Å². The Balaban J connectivity index is 2.04. The highest BCUT2D eigenvalue weighted by atomic mass is 19.4. The van der Waals surface area contributed by atoms with Gasteiger partial charge in [0.25, 0.3) is 0 Å². The lowest BCUT2D eigenvalue weighted by Gasteiger charge is -2.15. The second-order valence-corrected chi connectivity index (χ2v) is 4.97. The Hall–Kier alpha value is -2.48. The highest BCUT2D eigenvalue weighted by molar-refractivity contribution is 5.41. The Morgan fingerprint density at radius 3 is 2.21 bits per heavy atom. The molecule has 130 valence electrons. The van der Waals surface area contributed by atoms with Crippen molar-refractivity contribution in [2.75, 3.05) is 26.1 Å². The van der Waals surface area contributed by atoms with Crippen molar-refractivity contribution in [1.29, 1.82) is 0 Å². The zero-order valence-corrected chi connectivity index (χ0v) is 13.1. The van der Waals surface area contributed by atoms with E-state index in [1.807, 2.05) is 0 Å². The molecule has 1 unspecified atom stereocenters. The first kappa shape index (κ1) is 17.9. The predicted molar refractivity (Wildman–Crippen MR) is 82.2 cm³/mol. The number of nitrogens with zero attached hydrogens (tertiary/aromatic N) is 1. The van der Waals surface area contributed by atoms with E-state index in [9.17, 15) is 18.3 Å². The maximum atomic E-state index is 12.5. The summed E-state index contributed by atoms with van der Waals surface area (Å²) in [7, 11) is 2.99. The normalized spacial score (nSPS) is 12.6. The highest BCUT2D eigenvalue weighted by Gasteiger charge is 2.30. The molecule has 0 radical (unpaired) electrons. The zero-order valence-electron chi connectivity index (χ0n) is 13.1. The van der Waals surface area contributed by atoms with Gasteiger partial charge in [0.1, 0.15) is 17.3 Å². The van der Waals surface area contributed by atoms with Gasteiger partial charge in [0.2, 0.25) is 0 Å². The maximum absolute atomic E-state index is 12.5. The van der Waals surface area contributed by atoms with E-state index < -0.39 is 17.8 Å². The molecule has 2 rings (SSSR count). The molecule has 2 N–H and O–H groups in total. The SMILES string of the molecule is COc1cc(OC)cc(C(O)CNc2ccc(C(F)(F)F)cn2)c1. The second kappa shape index (κ2) is 7.39. The molecule has 1 atom stereocenters. The molecule has 24 heavy (non-hydrogen) atoms. The molecule has 0 spiro atoms. The average Bonchev–Trinajstić information content (AvgIpc) is 2.58. The lowest BCUT2D eigenvalue weighted by molar-refractivity contribution is -0.137. The number of aliphatic hydroxyl groups excluding tert-OH is 1. The molecule has 0 aliphatic rings. The average molecular weight is 342 g/mol. The first-order valence-electron chi connectivity index (χ1n) is 7.01. The number of benzene rings is 1. The third kappa shape index (κ3) is 4.51. The van der Waals surface area contributed by atoms with E-state index in [2.05, 4.69) is 10.3 Å². The van der Waals surface area contributed by atoms with E-state index in [0.29, 0.717) is 17.1 Å². The molecular weight excluding hydrogens is 325 g/mol. The molecule has 1 aromatic carbocycles. The number of hydrogen-bond acceptors (Lipinski definition) is 5. The molecule has 0 saturated heterocycles. The van der Waals surface area contributed by atoms with Crippen molar-refractivity contribution in [2.24, 2.45) is 0 Å². The first-order chi connectivity index (χ1) is 11.3. The number of halogens is 3. The Kier molecular flexibility index (Phi) is 5.50. The summed E-state index contributed by atoms with van der Waals surface area (Å²) in [5, 5.41) is 13.0. The number of anilines is 1. The van der Waals surface area contributed by atoms with Gasteiger partial charge in [-0.1, -0.05) is 0 Å². The molecule has 1 heterocycles. The fourth-order valence-electron chi connectivity index (χ4n) is 2.01. The highest BCUT2D eigenvalue weighted by Crippen LogP contribution is 2.29. The standard InChI is InChI=1S/C16H17F3N2O3/c1-23-12-5-10(6-13(7-12)24-2)14(22)9-21-15-4-3-11(8-20-15)16(17,18)19/h3-8,14,22H,9H2,1-2H3,(H,20,21). The number of rotatable bonds is 6. The zero-order chi connectivity index (χ0) is 17.7. The number of alkyl halides is 3. The van der Waals surface area contributed by atoms with Crippen molar-refractivity contribution < 1.29 is 27.8 Å². The van der Waals surface area contributed by atoms with Gasteiger partial charge in [-0.05, 0) is 29.8 Å². The minimum atomic E-state index is -4.43. The van der Waals surface area contributed by atoms with E-state index in [0.717, 1.165) is 12.3 Å². The number of aliphatic hydroxyl groups is 1. The van der Waals surface area contributed by atoms with Crippen LogP contribution in [0.25, 0.3) is 0 Å². The molecular formula is C16H17F3N2O3. The summed E-state index contributed by atoms with van der Waals surface area (Å²) >= 11 is 0. The van der Waals surface area contributed by atoms with Crippen molar-refractivity contribution in [2.45, 2.75) is 12.3 Å². The van der Waals surface area contributed by atoms with Gasteiger partial charge in [0.05, 0.1) is 25.9 Å². The van der Waals surface area contributed by atoms with Crippen LogP contribution in [0.5, 0.6) is 11.5 Å². The van der Waals surface area contributed by atoms with Gasteiger partial charge in [0, 0.05) is 18.8 Å². The monoisotopic (exact) mass is 342 g/mol. The smallest absolute Gasteiger partial charge is 0.417 e. The van der Waals surface area contributed by atoms with Gasteiger partial charge in [-0.15, -0.1) is 0 Å². The van der Waals surface area contributed by atoms with Crippen LogP contribution in [0.4, 0.5) is 19.0 Å². The molecule has 0 aliphatic heterocycles. The van der Waals surface area contributed by atoms with E-state index >= 15 is 0 Å². The third-order valence-electron chi connectivity index (χ3n) is 3.33. The molecule has 0 saturated carbocycles. The van der Waals surface area contributed by atoms with Crippen molar-refractivity contribution >= 4 is 5.82 Å². The maximum Gasteiger partial charge on any atom is 0.417 e. The summed E-state index contributed by atoms with van der Waals surface area (Å²) in [5.41, 5.74) is -0.281. The fourth-order valence-corrected chi connectivity index (χ4v) is 2.01. The van der Waals surface area contributed by atoms with E-state index in [1.165, 1.54) is 20.3 Å². The fraction of sp³-hybridized carbons (Fsp3) is 0.312. The van der Waals surface area contributed by atoms with Crippen molar-refractivity contribution in [3.63, 3.8) is 0 Å². The number of aromatic nitrogens is 1. The summed E-state index contributed by atoms with van der Waals surface area (Å²) in [6, 6.07) is 7.10. The van der Waals surface area contributed by atoms with Crippen LogP contribution in [0.15, 0.2) is 36.5 Å². The van der Waals surface area contributed by atoms with Crippen LogP contribution in [-0.2, 0) is 6.18 Å². The minimum Gasteiger partial charge on any atom is -0.497 e. The van der Waals surface area contributed by atoms with Gasteiger partial charge in [-0.3, -0.25) is 0 Å². The van der Waals surface area contributed by atoms with Crippen LogP contribution < -0.4 is 14.8 Å². The third-order valence-corrected chi connectivity index (χ3v) is 3.33. The Morgan fingerprint density at radius 1 is 1.12 bits per heavy atom. The molecule has 2 aromatic rings. The molecule has 0 fully saturated rings. The topological polar surface area (TPSA) is 63.6 Å². The molecule has 0 aliphatic carbocycles. The predicted octanol–water partition coefficient (Wildman–Crippen LogP) is 3.26. The summed E-state index contributed by atoms with van der Waals surface area (Å²) in [4.78, 5) is 3.69. The Morgan fingerprint density at radius 2 is 1.75 bits per heavy atom. The molecule has 0 amide bonds. The lowest BCUT2D eigenvalue weighted by Crippen LogP contribution is -2.14. The van der Waals surface area contributed by atoms with Gasteiger partial charge in [-0.2, -0.15) is 13.2 Å². The Bertz CT molecular complexity index is 653. The van der Waals surface area contributed by atoms with Crippen LogP contribution >= 0.6 is 0 Å². The van der Waals surface area contributed by atoms with E-state index in [1.54, 1.807) is 18.2 Å². The van der Waals surface area contributed by atoms with Crippen LogP contribution in [0.2, 0.25) is 0 Å². The van der Waals surface area contributed by atoms with Crippen molar-refractivity contribution in [3.05, 3.63) is 47.7 Å². The van der Waals surface area contributed by atoms with E-state index in [-0.39, 0.29) is 12.4 Å². The number of nitrogens with one attached hydrogen (secondary N) is 1. The number of methoxy groups -OCH3 is 2. The largest absolute Gasteiger partial charge is 0.497 e. The quantitative estimate of drug-likeness (QED) is 0.844. The second-order valence-electron chi connectivity index (χ2n) is 4.97. The van der Waals surface area contributed by atoms with Gasteiger partial charge in [-0.25, -0.2) is 4.98 Å². The van der Waals surface area contributed by atoms with E-state index in [4.69, 9.17) is 9.47 Å². The first-order valence-corrected chi connectivity index (χ1v) is 7.01. The van der Waals surface area contributed by atoms with Crippen LogP contribution in [0, 0.1) is 0 Å². The summed E-state index contributed by atoms with van der Waals surface area (Å²) in [6.45, 7) is 0.0642. The van der Waals surface area contributed by atoms with Gasteiger partial charge < -0.3 is 19.9 Å². The van der Waals surface area contributed by atoms with Crippen LogP contribution in [0.1, 0.15) is 17.2 Å². The van der Waals surface area contributed by atoms with Crippen LogP contribution in [-0.4, -0.2) is 30.9 Å². The molecule has 1 aromatic heterocycles. The summed E-state index contributed by atoms with van der Waals surface area (Å²) in [6.07, 6.45) is -4.61. The number of pyridine rings is 1. The number of hydrogen-bond donors (Lipinski definition) is 2. The molecule has 5 nitrogen and oxygen atoms in total. The van der Waals surface area contributed by atoms with Crippen molar-refractivity contribution in [3.8, 4) is 11.5 Å². The molecule has 8 heteroatoms.